The van der Waals surface area contributed by atoms with Crippen molar-refractivity contribution in [1.82, 2.24) is 4.90 Å². The molecule has 0 N–H and O–H groups in total. The van der Waals surface area contributed by atoms with Crippen LogP contribution in [0.2, 0.25) is 0 Å². The lowest BCUT2D eigenvalue weighted by atomic mass is 10.1. The first-order chi connectivity index (χ1) is 9.24. The van der Waals surface area contributed by atoms with E-state index in [0.29, 0.717) is 25.4 Å². The molecule has 19 heavy (non-hydrogen) atoms. The molecule has 4 nitrogen and oxygen atoms in total. The lowest BCUT2D eigenvalue weighted by Crippen LogP contribution is -2.30. The highest BCUT2D eigenvalue weighted by Gasteiger charge is 2.16. The van der Waals surface area contributed by atoms with Crippen molar-refractivity contribution in [1.29, 1.82) is 0 Å². The molecular formula is C14H18ClNO3. The molecule has 0 saturated heterocycles. The summed E-state index contributed by atoms with van der Waals surface area (Å²) in [5.74, 6) is 2.18. The topological polar surface area (TPSA) is 38.8 Å². The lowest BCUT2D eigenvalue weighted by Gasteiger charge is -2.21. The molecule has 1 aliphatic heterocycles. The highest BCUT2D eigenvalue weighted by molar-refractivity contribution is 6.17. The van der Waals surface area contributed by atoms with Crippen LogP contribution in [-0.2, 0) is 11.3 Å². The van der Waals surface area contributed by atoms with Crippen molar-refractivity contribution >= 4 is 17.5 Å². The Bertz CT molecular complexity index is 450. The molecular weight excluding hydrogens is 266 g/mol. The second-order valence-electron chi connectivity index (χ2n) is 4.39. The Kier molecular flexibility index (Phi) is 4.91. The van der Waals surface area contributed by atoms with Gasteiger partial charge in [-0.1, -0.05) is 6.07 Å². The van der Waals surface area contributed by atoms with Gasteiger partial charge in [0, 0.05) is 25.4 Å². The molecule has 0 spiro atoms. The Balaban J connectivity index is 2.00. The largest absolute Gasteiger partial charge is 0.454 e. The summed E-state index contributed by atoms with van der Waals surface area (Å²) in [4.78, 5) is 13.8. The molecule has 1 heterocycles. The summed E-state index contributed by atoms with van der Waals surface area (Å²) in [7, 11) is 0. The van der Waals surface area contributed by atoms with Crippen molar-refractivity contribution in [2.45, 2.75) is 26.3 Å². The number of rotatable bonds is 6. The third-order valence-corrected chi connectivity index (χ3v) is 3.34. The van der Waals surface area contributed by atoms with Gasteiger partial charge in [0.15, 0.2) is 11.5 Å². The molecule has 5 heteroatoms. The van der Waals surface area contributed by atoms with Gasteiger partial charge in [-0.15, -0.1) is 11.6 Å². The van der Waals surface area contributed by atoms with Crippen LogP contribution in [0.3, 0.4) is 0 Å². The number of ether oxygens (including phenoxy) is 2. The highest BCUT2D eigenvalue weighted by atomic mass is 35.5. The Morgan fingerprint density at radius 1 is 1.37 bits per heavy atom. The number of hydrogen-bond acceptors (Lipinski definition) is 3. The van der Waals surface area contributed by atoms with Gasteiger partial charge < -0.3 is 14.4 Å². The summed E-state index contributed by atoms with van der Waals surface area (Å²) < 4.78 is 10.6. The summed E-state index contributed by atoms with van der Waals surface area (Å²) in [6.45, 7) is 3.53. The average molecular weight is 284 g/mol. The van der Waals surface area contributed by atoms with Crippen LogP contribution in [0.15, 0.2) is 18.2 Å². The van der Waals surface area contributed by atoms with Crippen LogP contribution in [0.25, 0.3) is 0 Å². The van der Waals surface area contributed by atoms with Gasteiger partial charge in [-0.05, 0) is 31.0 Å². The zero-order valence-corrected chi connectivity index (χ0v) is 11.8. The highest BCUT2D eigenvalue weighted by Crippen LogP contribution is 2.32. The van der Waals surface area contributed by atoms with Crippen molar-refractivity contribution in [2.75, 3.05) is 19.2 Å². The van der Waals surface area contributed by atoms with Crippen molar-refractivity contribution in [2.24, 2.45) is 0 Å². The standard InChI is InChI=1S/C14H18ClNO3/c1-2-16(14(17)4-3-7-15)9-11-5-6-12-13(8-11)19-10-18-12/h5-6,8H,2-4,7,9-10H2,1H3. The molecule has 0 bridgehead atoms. The van der Waals surface area contributed by atoms with Gasteiger partial charge in [0.1, 0.15) is 0 Å². The summed E-state index contributed by atoms with van der Waals surface area (Å²) in [5.41, 5.74) is 1.05. The quantitative estimate of drug-likeness (QED) is 0.754. The summed E-state index contributed by atoms with van der Waals surface area (Å²) in [6.07, 6.45) is 1.22. The number of hydrogen-bond donors (Lipinski definition) is 0. The van der Waals surface area contributed by atoms with Crippen molar-refractivity contribution in [3.63, 3.8) is 0 Å². The molecule has 0 radical (unpaired) electrons. The Morgan fingerprint density at radius 2 is 2.16 bits per heavy atom. The maximum Gasteiger partial charge on any atom is 0.231 e. The van der Waals surface area contributed by atoms with E-state index in [1.165, 1.54) is 0 Å². The summed E-state index contributed by atoms with van der Waals surface area (Å²) in [6, 6.07) is 5.78. The fraction of sp³-hybridized carbons (Fsp3) is 0.500. The monoisotopic (exact) mass is 283 g/mol. The molecule has 1 aliphatic rings. The van der Waals surface area contributed by atoms with Crippen LogP contribution in [0.4, 0.5) is 0 Å². The molecule has 0 unspecified atom stereocenters. The fourth-order valence-corrected chi connectivity index (χ4v) is 2.15. The number of alkyl halides is 1. The van der Waals surface area contributed by atoms with E-state index < -0.39 is 0 Å². The van der Waals surface area contributed by atoms with Crippen LogP contribution >= 0.6 is 11.6 Å². The Labute approximate surface area is 118 Å². The van der Waals surface area contributed by atoms with E-state index >= 15 is 0 Å². The fourth-order valence-electron chi connectivity index (χ4n) is 2.01. The average Bonchev–Trinajstić information content (AvgIpc) is 2.89. The number of carbonyl (C=O) groups is 1. The second-order valence-corrected chi connectivity index (χ2v) is 4.77. The van der Waals surface area contributed by atoms with Gasteiger partial charge in [0.2, 0.25) is 12.7 Å². The predicted octanol–water partition coefficient (Wildman–Crippen LogP) is 2.78. The van der Waals surface area contributed by atoms with Gasteiger partial charge in [-0.3, -0.25) is 4.79 Å². The predicted molar refractivity (Wildman–Crippen MR) is 73.6 cm³/mol. The molecule has 0 aromatic heterocycles. The van der Waals surface area contributed by atoms with Gasteiger partial charge in [0.25, 0.3) is 0 Å². The zero-order chi connectivity index (χ0) is 13.7. The van der Waals surface area contributed by atoms with Crippen LogP contribution in [0, 0.1) is 0 Å². The summed E-state index contributed by atoms with van der Waals surface area (Å²) >= 11 is 5.62. The second kappa shape index (κ2) is 6.66. The zero-order valence-electron chi connectivity index (χ0n) is 11.0. The minimum Gasteiger partial charge on any atom is -0.454 e. The number of benzene rings is 1. The van der Waals surface area contributed by atoms with E-state index in [2.05, 4.69) is 0 Å². The molecule has 104 valence electrons. The Hall–Kier alpha value is -1.42. The molecule has 1 aromatic carbocycles. The van der Waals surface area contributed by atoms with Crippen LogP contribution < -0.4 is 9.47 Å². The van der Waals surface area contributed by atoms with Crippen LogP contribution in [0.1, 0.15) is 25.3 Å². The van der Waals surface area contributed by atoms with E-state index in [4.69, 9.17) is 21.1 Å². The molecule has 2 rings (SSSR count). The van der Waals surface area contributed by atoms with E-state index in [0.717, 1.165) is 23.5 Å². The van der Waals surface area contributed by atoms with Crippen LogP contribution in [-0.4, -0.2) is 30.0 Å². The van der Waals surface area contributed by atoms with Crippen molar-refractivity contribution in [3.05, 3.63) is 23.8 Å². The Morgan fingerprint density at radius 3 is 2.89 bits per heavy atom. The van der Waals surface area contributed by atoms with E-state index in [1.807, 2.05) is 30.0 Å². The van der Waals surface area contributed by atoms with E-state index in [-0.39, 0.29) is 12.7 Å². The first kappa shape index (κ1) is 14.0. The maximum absolute atomic E-state index is 12.0. The minimum absolute atomic E-state index is 0.140. The van der Waals surface area contributed by atoms with Crippen molar-refractivity contribution < 1.29 is 14.3 Å². The van der Waals surface area contributed by atoms with Gasteiger partial charge >= 0.3 is 0 Å². The first-order valence-corrected chi connectivity index (χ1v) is 7.00. The number of amides is 1. The number of carbonyl (C=O) groups excluding carboxylic acids is 1. The number of halogens is 1. The van der Waals surface area contributed by atoms with E-state index in [9.17, 15) is 4.79 Å². The normalized spacial score (nSPS) is 12.5. The molecule has 0 fully saturated rings. The molecule has 0 atom stereocenters. The molecule has 0 aliphatic carbocycles. The SMILES string of the molecule is CCN(Cc1ccc2c(c1)OCO2)C(=O)CCCCl. The van der Waals surface area contributed by atoms with Gasteiger partial charge in [-0.2, -0.15) is 0 Å². The van der Waals surface area contributed by atoms with Gasteiger partial charge in [0.05, 0.1) is 0 Å². The number of fused-ring (bicyclic) bond motifs is 1. The first-order valence-electron chi connectivity index (χ1n) is 6.47. The lowest BCUT2D eigenvalue weighted by molar-refractivity contribution is -0.131. The minimum atomic E-state index is 0.140. The summed E-state index contributed by atoms with van der Waals surface area (Å²) in [5, 5.41) is 0. The molecule has 1 aromatic rings. The third kappa shape index (κ3) is 3.53. The molecule has 0 saturated carbocycles. The maximum atomic E-state index is 12.0. The smallest absolute Gasteiger partial charge is 0.231 e. The van der Waals surface area contributed by atoms with Crippen molar-refractivity contribution in [3.8, 4) is 11.5 Å². The van der Waals surface area contributed by atoms with Gasteiger partial charge in [-0.25, -0.2) is 0 Å². The van der Waals surface area contributed by atoms with Crippen LogP contribution in [0.5, 0.6) is 11.5 Å². The number of nitrogens with zero attached hydrogens (tertiary/aromatic N) is 1. The van der Waals surface area contributed by atoms with E-state index in [1.54, 1.807) is 0 Å². The third-order valence-electron chi connectivity index (χ3n) is 3.07. The molecule has 1 amide bonds.